The number of para-hydroxylation sites is 1. The van der Waals surface area contributed by atoms with E-state index in [1.54, 1.807) is 11.3 Å². The highest BCUT2D eigenvalue weighted by Crippen LogP contribution is 2.38. The van der Waals surface area contributed by atoms with E-state index in [2.05, 4.69) is 91.5 Å². The zero-order valence-electron chi connectivity index (χ0n) is 25.1. The molecule has 212 valence electrons. The van der Waals surface area contributed by atoms with Gasteiger partial charge in [0.25, 0.3) is 0 Å². The number of aryl methyl sites for hydroxylation is 1. The lowest BCUT2D eigenvalue weighted by molar-refractivity contribution is 0.0523. The molecule has 0 bridgehead atoms. The van der Waals surface area contributed by atoms with Gasteiger partial charge in [0.2, 0.25) is 0 Å². The summed E-state index contributed by atoms with van der Waals surface area (Å²) in [5.74, 6) is 0. The van der Waals surface area contributed by atoms with Gasteiger partial charge in [0.1, 0.15) is 5.60 Å². The molecular formula is C31H45N3O3SSi. The molecular weight excluding hydrogens is 523 g/mol. The molecule has 1 heterocycles. The molecule has 2 aromatic carbocycles. The first-order valence-corrected chi connectivity index (χ1v) is 17.4. The third kappa shape index (κ3) is 8.65. The summed E-state index contributed by atoms with van der Waals surface area (Å²) < 4.78 is 12.0. The summed E-state index contributed by atoms with van der Waals surface area (Å²) in [7, 11) is -1.83. The average Bonchev–Trinajstić information content (AvgIpc) is 3.27. The first kappa shape index (κ1) is 30.9. The number of rotatable bonds is 10. The number of carbonyl (C=O) groups is 1. The second-order valence-corrected chi connectivity index (χ2v) is 18.1. The number of thiazole rings is 1. The SMILES string of the molecule is Cc1ncsc1-c1ccc(CNC(=O)OC(C)(C)C)c(N(CCCO[Si](C)(C)C(C)(C)C)c2ccccc2)c1. The minimum atomic E-state index is -1.83. The van der Waals surface area contributed by atoms with Crippen LogP contribution in [-0.2, 0) is 15.7 Å². The summed E-state index contributed by atoms with van der Waals surface area (Å²) in [6.07, 6.45) is 0.453. The molecule has 6 nitrogen and oxygen atoms in total. The van der Waals surface area contributed by atoms with Gasteiger partial charge in [-0.15, -0.1) is 11.3 Å². The number of carbonyl (C=O) groups excluding carboxylic acids is 1. The summed E-state index contributed by atoms with van der Waals surface area (Å²) in [6, 6.07) is 16.8. The smallest absolute Gasteiger partial charge is 0.407 e. The Balaban J connectivity index is 1.94. The zero-order valence-corrected chi connectivity index (χ0v) is 26.9. The number of hydrogen-bond donors (Lipinski definition) is 1. The first-order valence-electron chi connectivity index (χ1n) is 13.6. The molecule has 1 aromatic heterocycles. The van der Waals surface area contributed by atoms with Crippen molar-refractivity contribution < 1.29 is 14.0 Å². The molecule has 3 rings (SSSR count). The third-order valence-corrected chi connectivity index (χ3v) is 12.6. The monoisotopic (exact) mass is 567 g/mol. The number of anilines is 2. The molecule has 8 heteroatoms. The lowest BCUT2D eigenvalue weighted by Crippen LogP contribution is -2.41. The lowest BCUT2D eigenvalue weighted by Gasteiger charge is -2.36. The number of nitrogens with one attached hydrogen (secondary N) is 1. The number of ether oxygens (including phenoxy) is 1. The topological polar surface area (TPSA) is 63.7 Å². The van der Waals surface area contributed by atoms with Crippen LogP contribution in [0.2, 0.25) is 18.1 Å². The van der Waals surface area contributed by atoms with Gasteiger partial charge < -0.3 is 19.4 Å². The molecule has 0 spiro atoms. The summed E-state index contributed by atoms with van der Waals surface area (Å²) in [4.78, 5) is 20.4. The fraction of sp³-hybridized carbons (Fsp3) is 0.484. The maximum Gasteiger partial charge on any atom is 0.407 e. The van der Waals surface area contributed by atoms with Crippen LogP contribution in [0.3, 0.4) is 0 Å². The van der Waals surface area contributed by atoms with Crippen LogP contribution < -0.4 is 10.2 Å². The van der Waals surface area contributed by atoms with Crippen LogP contribution in [0, 0.1) is 6.92 Å². The van der Waals surface area contributed by atoms with Gasteiger partial charge in [-0.1, -0.05) is 51.1 Å². The largest absolute Gasteiger partial charge is 0.444 e. The lowest BCUT2D eigenvalue weighted by atomic mass is 10.0. The Morgan fingerprint density at radius 1 is 1.05 bits per heavy atom. The highest BCUT2D eigenvalue weighted by molar-refractivity contribution is 7.13. The quantitative estimate of drug-likeness (QED) is 0.196. The van der Waals surface area contributed by atoms with Crippen LogP contribution in [-0.4, -0.2) is 38.1 Å². The number of benzene rings is 2. The van der Waals surface area contributed by atoms with Gasteiger partial charge in [0, 0.05) is 31.1 Å². The second kappa shape index (κ2) is 12.7. The number of alkyl carbamates (subject to hydrolysis) is 1. The van der Waals surface area contributed by atoms with Crippen molar-refractivity contribution in [3.8, 4) is 10.4 Å². The van der Waals surface area contributed by atoms with Crippen molar-refractivity contribution in [3.05, 3.63) is 65.3 Å². The van der Waals surface area contributed by atoms with Gasteiger partial charge in [-0.2, -0.15) is 0 Å². The fourth-order valence-corrected chi connectivity index (χ4v) is 5.82. The van der Waals surface area contributed by atoms with Crippen molar-refractivity contribution in [1.82, 2.24) is 10.3 Å². The van der Waals surface area contributed by atoms with Crippen LogP contribution in [0.5, 0.6) is 0 Å². The van der Waals surface area contributed by atoms with Crippen LogP contribution in [0.25, 0.3) is 10.4 Å². The Hall–Kier alpha value is -2.68. The Morgan fingerprint density at radius 2 is 1.74 bits per heavy atom. The predicted octanol–water partition coefficient (Wildman–Crippen LogP) is 8.69. The molecule has 0 aliphatic carbocycles. The van der Waals surface area contributed by atoms with Gasteiger partial charge in [-0.3, -0.25) is 0 Å². The molecule has 0 radical (unpaired) electrons. The zero-order chi connectivity index (χ0) is 28.8. The minimum Gasteiger partial charge on any atom is -0.444 e. The van der Waals surface area contributed by atoms with Crippen LogP contribution in [0.15, 0.2) is 54.0 Å². The van der Waals surface area contributed by atoms with E-state index in [0.29, 0.717) is 13.2 Å². The van der Waals surface area contributed by atoms with Crippen molar-refractivity contribution >= 4 is 37.1 Å². The molecule has 0 aliphatic heterocycles. The van der Waals surface area contributed by atoms with E-state index in [4.69, 9.17) is 9.16 Å². The van der Waals surface area contributed by atoms with Gasteiger partial charge in [-0.05, 0) is 81.6 Å². The number of nitrogens with zero attached hydrogens (tertiary/aromatic N) is 2. The molecule has 0 fully saturated rings. The van der Waals surface area contributed by atoms with Crippen molar-refractivity contribution in [2.45, 2.75) is 85.2 Å². The molecule has 0 atom stereocenters. The van der Waals surface area contributed by atoms with Gasteiger partial charge in [0.05, 0.1) is 16.1 Å². The molecule has 3 aromatic rings. The van der Waals surface area contributed by atoms with Crippen molar-refractivity contribution in [2.75, 3.05) is 18.1 Å². The summed E-state index contributed by atoms with van der Waals surface area (Å²) in [6.45, 7) is 20.9. The van der Waals surface area contributed by atoms with E-state index in [-0.39, 0.29) is 5.04 Å². The van der Waals surface area contributed by atoms with E-state index in [9.17, 15) is 4.79 Å². The molecule has 0 saturated carbocycles. The molecule has 0 aliphatic rings. The Kier molecular flexibility index (Phi) is 10.0. The van der Waals surface area contributed by atoms with Crippen molar-refractivity contribution in [1.29, 1.82) is 0 Å². The standard InChI is InChI=1S/C31H45N3O3SSi/c1-23-28(38-22-33-23)24-16-17-25(21-32-29(35)37-30(2,3)4)27(20-24)34(26-14-11-10-12-15-26)18-13-19-36-39(8,9)31(5,6)7/h10-12,14-17,20,22H,13,18-19,21H2,1-9H3,(H,32,35). The highest BCUT2D eigenvalue weighted by atomic mass is 32.1. The molecule has 1 N–H and O–H groups in total. The minimum absolute atomic E-state index is 0.174. The number of amides is 1. The number of aromatic nitrogens is 1. The Morgan fingerprint density at radius 3 is 2.33 bits per heavy atom. The summed E-state index contributed by atoms with van der Waals surface area (Å²) >= 11 is 1.64. The maximum atomic E-state index is 12.5. The summed E-state index contributed by atoms with van der Waals surface area (Å²) in [5.41, 5.74) is 6.62. The molecule has 0 saturated heterocycles. The second-order valence-electron chi connectivity index (χ2n) is 12.4. The van der Waals surface area contributed by atoms with Gasteiger partial charge in [-0.25, -0.2) is 9.78 Å². The van der Waals surface area contributed by atoms with Crippen molar-refractivity contribution in [2.24, 2.45) is 0 Å². The molecule has 39 heavy (non-hydrogen) atoms. The van der Waals surface area contributed by atoms with E-state index < -0.39 is 20.0 Å². The molecule has 1 amide bonds. The predicted molar refractivity (Wildman–Crippen MR) is 167 cm³/mol. The Labute approximate surface area is 239 Å². The van der Waals surface area contributed by atoms with Crippen LogP contribution in [0.4, 0.5) is 16.2 Å². The van der Waals surface area contributed by atoms with Crippen LogP contribution >= 0.6 is 11.3 Å². The summed E-state index contributed by atoms with van der Waals surface area (Å²) in [5, 5.41) is 3.13. The van der Waals surface area contributed by atoms with E-state index in [0.717, 1.165) is 46.0 Å². The van der Waals surface area contributed by atoms with E-state index in [1.807, 2.05) is 39.3 Å². The third-order valence-electron chi connectivity index (χ3n) is 7.07. The van der Waals surface area contributed by atoms with Crippen LogP contribution in [0.1, 0.15) is 59.2 Å². The normalized spacial score (nSPS) is 12.3. The van der Waals surface area contributed by atoms with E-state index >= 15 is 0 Å². The van der Waals surface area contributed by atoms with Gasteiger partial charge >= 0.3 is 6.09 Å². The first-order chi connectivity index (χ1) is 18.2. The maximum absolute atomic E-state index is 12.5. The highest BCUT2D eigenvalue weighted by Gasteiger charge is 2.36. The fourth-order valence-electron chi connectivity index (χ4n) is 3.93. The average molecular weight is 568 g/mol. The van der Waals surface area contributed by atoms with Crippen molar-refractivity contribution in [3.63, 3.8) is 0 Å². The van der Waals surface area contributed by atoms with Gasteiger partial charge in [0.15, 0.2) is 8.32 Å². The number of hydrogen-bond acceptors (Lipinski definition) is 6. The van der Waals surface area contributed by atoms with E-state index in [1.165, 1.54) is 0 Å². The Bertz CT molecular complexity index is 1230. The molecule has 0 unspecified atom stereocenters.